The van der Waals surface area contributed by atoms with E-state index >= 15 is 0 Å². The number of pyridine rings is 1. The van der Waals surface area contributed by atoms with E-state index in [1.807, 2.05) is 22.7 Å². The van der Waals surface area contributed by atoms with Gasteiger partial charge in [0.15, 0.2) is 22.4 Å². The Labute approximate surface area is 178 Å². The first kappa shape index (κ1) is 17.9. The van der Waals surface area contributed by atoms with Crippen molar-refractivity contribution in [1.82, 2.24) is 19.4 Å². The Morgan fingerprint density at radius 3 is 2.63 bits per heavy atom. The molecule has 7 nitrogen and oxygen atoms in total. The second kappa shape index (κ2) is 7.11. The maximum atomic E-state index is 6.72. The fraction of sp³-hybridized carbons (Fsp3) is 0.318. The number of benzene rings is 1. The minimum atomic E-state index is 0.382. The van der Waals surface area contributed by atoms with Crippen molar-refractivity contribution in [2.45, 2.75) is 5.92 Å². The molecule has 5 heterocycles. The molecule has 0 spiro atoms. The Bertz CT molecular complexity index is 1230. The van der Waals surface area contributed by atoms with Crippen LogP contribution < -0.4 is 9.80 Å². The van der Waals surface area contributed by atoms with E-state index in [2.05, 4.69) is 39.0 Å². The predicted molar refractivity (Wildman–Crippen MR) is 118 cm³/mol. The van der Waals surface area contributed by atoms with Crippen molar-refractivity contribution in [2.75, 3.05) is 49.2 Å². The smallest absolute Gasteiger partial charge is 0.183 e. The van der Waals surface area contributed by atoms with Crippen molar-refractivity contribution in [1.29, 1.82) is 0 Å². The molecule has 3 aromatic heterocycles. The van der Waals surface area contributed by atoms with Gasteiger partial charge in [-0.3, -0.25) is 9.38 Å². The van der Waals surface area contributed by atoms with Crippen LogP contribution in [-0.2, 0) is 4.74 Å². The van der Waals surface area contributed by atoms with Gasteiger partial charge >= 0.3 is 0 Å². The molecule has 4 aromatic rings. The van der Waals surface area contributed by atoms with E-state index in [1.54, 1.807) is 6.20 Å². The lowest BCUT2D eigenvalue weighted by atomic mass is 9.95. The standard InChI is InChI=1S/C22H21ClN6O/c23-19-20(26-22-21(24-7-8-29(19)22)27-9-11-30-12-10-27)28-13-16(14-28)18-6-5-15-3-1-2-4-17(15)25-18/h1-8,16H,9-14H2. The Kier molecular flexibility index (Phi) is 4.24. The molecule has 0 aliphatic carbocycles. The minimum Gasteiger partial charge on any atom is -0.378 e. The maximum absolute atomic E-state index is 6.72. The van der Waals surface area contributed by atoms with Crippen LogP contribution in [0.25, 0.3) is 16.6 Å². The van der Waals surface area contributed by atoms with Crippen LogP contribution in [0.2, 0.25) is 5.15 Å². The Morgan fingerprint density at radius 2 is 1.77 bits per heavy atom. The summed E-state index contributed by atoms with van der Waals surface area (Å²) in [6, 6.07) is 12.5. The average Bonchev–Trinajstić information content (AvgIpc) is 3.10. The zero-order valence-electron chi connectivity index (χ0n) is 16.4. The van der Waals surface area contributed by atoms with Gasteiger partial charge in [0.25, 0.3) is 0 Å². The first-order valence-corrected chi connectivity index (χ1v) is 10.6. The molecule has 1 aromatic carbocycles. The van der Waals surface area contributed by atoms with E-state index in [9.17, 15) is 0 Å². The van der Waals surface area contributed by atoms with Crippen LogP contribution in [0, 0.1) is 0 Å². The second-order valence-electron chi connectivity index (χ2n) is 7.80. The molecule has 2 aliphatic rings. The van der Waals surface area contributed by atoms with Crippen LogP contribution in [0.5, 0.6) is 0 Å². The van der Waals surface area contributed by atoms with Crippen LogP contribution >= 0.6 is 11.6 Å². The summed E-state index contributed by atoms with van der Waals surface area (Å²) in [5, 5.41) is 1.80. The normalized spacial score (nSPS) is 17.6. The summed E-state index contributed by atoms with van der Waals surface area (Å²) in [5.74, 6) is 2.06. The molecule has 6 rings (SSSR count). The molecule has 0 amide bonds. The number of ether oxygens (including phenoxy) is 1. The molecule has 0 atom stereocenters. The maximum Gasteiger partial charge on any atom is 0.183 e. The van der Waals surface area contributed by atoms with Gasteiger partial charge in [0.05, 0.1) is 18.7 Å². The minimum absolute atomic E-state index is 0.382. The molecule has 0 radical (unpaired) electrons. The number of anilines is 2. The van der Waals surface area contributed by atoms with Crippen LogP contribution in [-0.4, -0.2) is 58.7 Å². The number of hydrogen-bond acceptors (Lipinski definition) is 6. The summed E-state index contributed by atoms with van der Waals surface area (Å²) < 4.78 is 7.40. The number of rotatable bonds is 3. The van der Waals surface area contributed by atoms with Crippen molar-refractivity contribution >= 4 is 39.8 Å². The average molecular weight is 421 g/mol. The Morgan fingerprint density at radius 1 is 0.933 bits per heavy atom. The van der Waals surface area contributed by atoms with Gasteiger partial charge in [-0.25, -0.2) is 9.97 Å². The van der Waals surface area contributed by atoms with Gasteiger partial charge in [-0.05, 0) is 12.1 Å². The Balaban J connectivity index is 1.27. The van der Waals surface area contributed by atoms with E-state index < -0.39 is 0 Å². The molecule has 8 heteroatoms. The zero-order chi connectivity index (χ0) is 20.1. The topological polar surface area (TPSA) is 58.8 Å². The zero-order valence-corrected chi connectivity index (χ0v) is 17.2. The predicted octanol–water partition coefficient (Wildman–Crippen LogP) is 3.37. The van der Waals surface area contributed by atoms with Crippen LogP contribution in [0.15, 0.2) is 48.8 Å². The van der Waals surface area contributed by atoms with Crippen LogP contribution in [0.3, 0.4) is 0 Å². The summed E-state index contributed by atoms with van der Waals surface area (Å²) in [5.41, 5.74) is 2.97. The molecule has 0 saturated carbocycles. The molecule has 2 fully saturated rings. The van der Waals surface area contributed by atoms with Crippen LogP contribution in [0.4, 0.5) is 11.6 Å². The lowest BCUT2D eigenvalue weighted by molar-refractivity contribution is 0.122. The molecule has 30 heavy (non-hydrogen) atoms. The van der Waals surface area contributed by atoms with Gasteiger partial charge < -0.3 is 14.5 Å². The van der Waals surface area contributed by atoms with Crippen molar-refractivity contribution < 1.29 is 4.74 Å². The number of hydrogen-bond donors (Lipinski definition) is 0. The number of nitrogens with zero attached hydrogens (tertiary/aromatic N) is 6. The quantitative estimate of drug-likeness (QED) is 0.506. The summed E-state index contributed by atoms with van der Waals surface area (Å²) in [6.45, 7) is 4.75. The number of halogens is 1. The first-order chi connectivity index (χ1) is 14.8. The highest BCUT2D eigenvalue weighted by Gasteiger charge is 2.33. The van der Waals surface area contributed by atoms with Crippen molar-refractivity contribution in [2.24, 2.45) is 0 Å². The molecule has 2 aliphatic heterocycles. The first-order valence-electron chi connectivity index (χ1n) is 10.2. The van der Waals surface area contributed by atoms with Crippen molar-refractivity contribution in [3.8, 4) is 0 Å². The lowest BCUT2D eigenvalue weighted by Crippen LogP contribution is -2.45. The lowest BCUT2D eigenvalue weighted by Gasteiger charge is -2.39. The van der Waals surface area contributed by atoms with Crippen molar-refractivity contribution in [3.63, 3.8) is 0 Å². The highest BCUT2D eigenvalue weighted by molar-refractivity contribution is 6.32. The fourth-order valence-corrected chi connectivity index (χ4v) is 4.57. The molecule has 0 unspecified atom stereocenters. The van der Waals surface area contributed by atoms with Crippen LogP contribution in [0.1, 0.15) is 11.6 Å². The SMILES string of the molecule is Clc1c(N2CC(c3ccc4ccccc4n3)C2)nc2c(N3CCOCC3)nccn12. The third kappa shape index (κ3) is 2.88. The number of aromatic nitrogens is 4. The van der Waals surface area contributed by atoms with Gasteiger partial charge in [0.1, 0.15) is 0 Å². The fourth-order valence-electron chi connectivity index (χ4n) is 4.27. The molecule has 152 valence electrons. The summed E-state index contributed by atoms with van der Waals surface area (Å²) in [4.78, 5) is 18.7. The molecular weight excluding hydrogens is 400 g/mol. The van der Waals surface area contributed by atoms with E-state index in [4.69, 9.17) is 26.3 Å². The highest BCUT2D eigenvalue weighted by atomic mass is 35.5. The third-order valence-corrected chi connectivity index (χ3v) is 6.33. The monoisotopic (exact) mass is 420 g/mol. The van der Waals surface area contributed by atoms with Crippen molar-refractivity contribution in [3.05, 3.63) is 59.6 Å². The van der Waals surface area contributed by atoms with E-state index in [1.165, 1.54) is 5.39 Å². The third-order valence-electron chi connectivity index (χ3n) is 5.98. The van der Waals surface area contributed by atoms with Gasteiger partial charge in [0.2, 0.25) is 0 Å². The summed E-state index contributed by atoms with van der Waals surface area (Å²) >= 11 is 6.72. The van der Waals surface area contributed by atoms with E-state index in [0.29, 0.717) is 24.3 Å². The molecule has 0 N–H and O–H groups in total. The number of imidazole rings is 1. The second-order valence-corrected chi connectivity index (χ2v) is 8.16. The van der Waals surface area contributed by atoms with Gasteiger partial charge in [0, 0.05) is 55.6 Å². The number of morpholine rings is 1. The van der Waals surface area contributed by atoms with E-state index in [0.717, 1.165) is 54.7 Å². The van der Waals surface area contributed by atoms with Gasteiger partial charge in [-0.2, -0.15) is 0 Å². The number of fused-ring (bicyclic) bond motifs is 2. The summed E-state index contributed by atoms with van der Waals surface area (Å²) in [6.07, 6.45) is 3.66. The molecular formula is C22H21ClN6O. The highest BCUT2D eigenvalue weighted by Crippen LogP contribution is 2.37. The summed E-state index contributed by atoms with van der Waals surface area (Å²) in [7, 11) is 0. The largest absolute Gasteiger partial charge is 0.378 e. The number of para-hydroxylation sites is 1. The van der Waals surface area contributed by atoms with Gasteiger partial charge in [-0.1, -0.05) is 35.9 Å². The van der Waals surface area contributed by atoms with E-state index in [-0.39, 0.29) is 0 Å². The Hall–Kier alpha value is -2.90. The molecule has 0 bridgehead atoms. The van der Waals surface area contributed by atoms with Gasteiger partial charge in [-0.15, -0.1) is 0 Å². The molecule has 2 saturated heterocycles.